The molecule has 0 aromatic heterocycles. The van der Waals surface area contributed by atoms with Crippen LogP contribution < -0.4 is 5.73 Å². The van der Waals surface area contributed by atoms with Crippen LogP contribution in [0.15, 0.2) is 0 Å². The van der Waals surface area contributed by atoms with Crippen LogP contribution in [0.2, 0.25) is 0 Å². The Kier molecular flexibility index (Phi) is 2.46. The second-order valence-electron chi connectivity index (χ2n) is 2.83. The van der Waals surface area contributed by atoms with Gasteiger partial charge in [-0.3, -0.25) is 9.69 Å². The highest BCUT2D eigenvalue weighted by Gasteiger charge is 2.35. The maximum absolute atomic E-state index is 10.8. The molecule has 3 N–H and O–H groups in total. The molecule has 1 fully saturated rings. The number of nitrogens with two attached hydrogens (primary N) is 1. The van der Waals surface area contributed by atoms with Crippen LogP contribution >= 0.6 is 0 Å². The quantitative estimate of drug-likeness (QED) is 0.537. The zero-order valence-electron chi connectivity index (χ0n) is 6.66. The highest BCUT2D eigenvalue weighted by Crippen LogP contribution is 2.16. The second-order valence-corrected chi connectivity index (χ2v) is 2.83. The average Bonchev–Trinajstić information content (AvgIpc) is 2.30. The number of aliphatic hydroxyl groups excluding tert-OH is 1. The summed E-state index contributed by atoms with van der Waals surface area (Å²) in [5, 5.41) is 9.32. The van der Waals surface area contributed by atoms with Crippen LogP contribution in [0.1, 0.15) is 13.3 Å². The van der Waals surface area contributed by atoms with Crippen LogP contribution in [-0.4, -0.2) is 41.1 Å². The van der Waals surface area contributed by atoms with E-state index in [1.54, 1.807) is 0 Å². The van der Waals surface area contributed by atoms with Crippen LogP contribution in [0.3, 0.4) is 0 Å². The molecule has 0 unspecified atom stereocenters. The van der Waals surface area contributed by atoms with Gasteiger partial charge in [-0.05, 0) is 13.0 Å². The maximum Gasteiger partial charge on any atom is 0.237 e. The van der Waals surface area contributed by atoms with Gasteiger partial charge in [0.15, 0.2) is 0 Å². The van der Waals surface area contributed by atoms with Crippen LogP contribution in [0.25, 0.3) is 0 Å². The van der Waals surface area contributed by atoms with Gasteiger partial charge in [0.2, 0.25) is 5.91 Å². The van der Waals surface area contributed by atoms with Gasteiger partial charge in [0, 0.05) is 6.54 Å². The maximum atomic E-state index is 10.8. The summed E-state index contributed by atoms with van der Waals surface area (Å²) in [6.07, 6.45) is 0.0917. The smallest absolute Gasteiger partial charge is 0.237 e. The normalized spacial score (nSPS) is 32.5. The molecule has 64 valence electrons. The Labute approximate surface area is 66.0 Å². The number of rotatable bonds is 2. The zero-order valence-corrected chi connectivity index (χ0v) is 6.66. The van der Waals surface area contributed by atoms with Crippen molar-refractivity contribution in [3.05, 3.63) is 0 Å². The number of primary amides is 1. The number of likely N-dealkylation sites (N-methyl/N-ethyl adjacent to an activating group) is 1. The minimum Gasteiger partial charge on any atom is -0.391 e. The summed E-state index contributed by atoms with van der Waals surface area (Å²) in [6.45, 7) is 3.49. The van der Waals surface area contributed by atoms with E-state index in [1.807, 2.05) is 11.8 Å². The minimum atomic E-state index is -0.563. The van der Waals surface area contributed by atoms with Gasteiger partial charge < -0.3 is 10.8 Å². The van der Waals surface area contributed by atoms with Crippen LogP contribution in [0, 0.1) is 0 Å². The lowest BCUT2D eigenvalue weighted by atomic mass is 10.1. The zero-order chi connectivity index (χ0) is 8.43. The summed E-state index contributed by atoms with van der Waals surface area (Å²) in [4.78, 5) is 12.7. The molecule has 4 heteroatoms. The van der Waals surface area contributed by atoms with E-state index < -0.39 is 18.1 Å². The summed E-state index contributed by atoms with van der Waals surface area (Å²) in [7, 11) is 0. The summed E-state index contributed by atoms with van der Waals surface area (Å²) < 4.78 is 0. The van der Waals surface area contributed by atoms with Gasteiger partial charge in [-0.1, -0.05) is 6.92 Å². The van der Waals surface area contributed by atoms with E-state index in [0.29, 0.717) is 6.42 Å². The summed E-state index contributed by atoms with van der Waals surface area (Å²) >= 11 is 0. The summed E-state index contributed by atoms with van der Waals surface area (Å²) in [5.74, 6) is -0.420. The molecule has 1 saturated heterocycles. The van der Waals surface area contributed by atoms with Crippen molar-refractivity contribution in [3.63, 3.8) is 0 Å². The molecule has 1 aliphatic rings. The van der Waals surface area contributed by atoms with E-state index in [0.717, 1.165) is 13.1 Å². The molecule has 0 saturated carbocycles. The molecule has 4 nitrogen and oxygen atoms in total. The fourth-order valence-corrected chi connectivity index (χ4v) is 1.56. The van der Waals surface area contributed by atoms with E-state index >= 15 is 0 Å². The molecular weight excluding hydrogens is 144 g/mol. The largest absolute Gasteiger partial charge is 0.391 e. The monoisotopic (exact) mass is 158 g/mol. The van der Waals surface area contributed by atoms with E-state index in [1.165, 1.54) is 0 Å². The van der Waals surface area contributed by atoms with Crippen molar-refractivity contribution in [3.8, 4) is 0 Å². The van der Waals surface area contributed by atoms with Crippen molar-refractivity contribution in [1.82, 2.24) is 4.90 Å². The van der Waals surface area contributed by atoms with Crippen molar-refractivity contribution >= 4 is 5.91 Å². The van der Waals surface area contributed by atoms with Crippen molar-refractivity contribution < 1.29 is 9.90 Å². The summed E-state index contributed by atoms with van der Waals surface area (Å²) in [6, 6.07) is -0.458. The van der Waals surface area contributed by atoms with Crippen molar-refractivity contribution in [1.29, 1.82) is 0 Å². The molecule has 2 atom stereocenters. The number of amides is 1. The highest BCUT2D eigenvalue weighted by atomic mass is 16.3. The molecule has 1 amide bonds. The summed E-state index contributed by atoms with van der Waals surface area (Å²) in [5.41, 5.74) is 5.11. The fourth-order valence-electron chi connectivity index (χ4n) is 1.56. The lowest BCUT2D eigenvalue weighted by Gasteiger charge is -2.20. The Bertz CT molecular complexity index is 161. The molecule has 0 aromatic rings. The molecule has 0 aliphatic carbocycles. The molecule has 11 heavy (non-hydrogen) atoms. The number of aliphatic hydroxyl groups is 1. The van der Waals surface area contributed by atoms with Crippen molar-refractivity contribution in [2.24, 2.45) is 5.73 Å². The van der Waals surface area contributed by atoms with Crippen LogP contribution in [0.5, 0.6) is 0 Å². The Hall–Kier alpha value is -0.610. The van der Waals surface area contributed by atoms with Gasteiger partial charge in [-0.2, -0.15) is 0 Å². The van der Waals surface area contributed by atoms with Crippen LogP contribution in [-0.2, 0) is 4.79 Å². The highest BCUT2D eigenvalue weighted by molar-refractivity contribution is 5.80. The lowest BCUT2D eigenvalue weighted by molar-refractivity contribution is -0.124. The third kappa shape index (κ3) is 1.52. The third-order valence-corrected chi connectivity index (χ3v) is 2.17. The number of likely N-dealkylation sites (tertiary alicyclic amines) is 1. The molecule has 0 bridgehead atoms. The first-order valence-electron chi connectivity index (χ1n) is 3.88. The number of hydrogen-bond acceptors (Lipinski definition) is 3. The molecule has 1 aliphatic heterocycles. The Morgan fingerprint density at radius 1 is 1.82 bits per heavy atom. The predicted molar refractivity (Wildman–Crippen MR) is 40.9 cm³/mol. The van der Waals surface area contributed by atoms with Gasteiger partial charge >= 0.3 is 0 Å². The molecule has 1 rings (SSSR count). The Balaban J connectivity index is 2.63. The Morgan fingerprint density at radius 2 is 2.45 bits per heavy atom. The predicted octanol–water partition coefficient (Wildman–Crippen LogP) is -1.07. The Morgan fingerprint density at radius 3 is 2.82 bits per heavy atom. The lowest BCUT2D eigenvalue weighted by Crippen LogP contribution is -2.45. The first-order valence-corrected chi connectivity index (χ1v) is 3.88. The van der Waals surface area contributed by atoms with Crippen LogP contribution in [0.4, 0.5) is 0 Å². The molecule has 0 spiro atoms. The number of carbonyl (C=O) groups excluding carboxylic acids is 1. The topological polar surface area (TPSA) is 66.6 Å². The van der Waals surface area contributed by atoms with E-state index in [2.05, 4.69) is 0 Å². The van der Waals surface area contributed by atoms with Crippen molar-refractivity contribution in [2.75, 3.05) is 13.1 Å². The second kappa shape index (κ2) is 3.19. The molecular formula is C7H14N2O2. The number of hydrogen-bond donors (Lipinski definition) is 2. The molecule has 0 aromatic carbocycles. The van der Waals surface area contributed by atoms with Gasteiger partial charge in [0.1, 0.15) is 6.04 Å². The third-order valence-electron chi connectivity index (χ3n) is 2.17. The fraction of sp³-hybridized carbons (Fsp3) is 0.857. The first kappa shape index (κ1) is 8.49. The van der Waals surface area contributed by atoms with E-state index in [-0.39, 0.29) is 0 Å². The van der Waals surface area contributed by atoms with Gasteiger partial charge in [-0.25, -0.2) is 0 Å². The average molecular weight is 158 g/mol. The van der Waals surface area contributed by atoms with E-state index in [4.69, 9.17) is 5.73 Å². The standard InChI is InChI=1S/C7H14N2O2/c1-2-9-4-3-5(10)6(9)7(8)11/h5-6,10H,2-4H2,1H3,(H2,8,11)/t5-,6+/m1/s1. The van der Waals surface area contributed by atoms with Gasteiger partial charge in [0.05, 0.1) is 6.10 Å². The number of nitrogens with zero attached hydrogens (tertiary/aromatic N) is 1. The molecule has 0 radical (unpaired) electrons. The van der Waals surface area contributed by atoms with Crippen molar-refractivity contribution in [2.45, 2.75) is 25.5 Å². The van der Waals surface area contributed by atoms with Gasteiger partial charge in [-0.15, -0.1) is 0 Å². The van der Waals surface area contributed by atoms with E-state index in [9.17, 15) is 9.90 Å². The number of carbonyl (C=O) groups is 1. The molecule has 1 heterocycles. The van der Waals surface area contributed by atoms with Gasteiger partial charge in [0.25, 0.3) is 0 Å². The minimum absolute atomic E-state index is 0.420. The first-order chi connectivity index (χ1) is 5.16. The SMILES string of the molecule is CCN1CC[C@@H](O)[C@H]1C(N)=O.